The van der Waals surface area contributed by atoms with E-state index in [-0.39, 0.29) is 12.8 Å². The summed E-state index contributed by atoms with van der Waals surface area (Å²) in [6.07, 6.45) is 63.0. The summed E-state index contributed by atoms with van der Waals surface area (Å²) < 4.78 is 11.2. The Morgan fingerprint density at radius 3 is 1.27 bits per heavy atom. The largest absolute Gasteiger partial charge is 0.394 e. The van der Waals surface area contributed by atoms with E-state index in [4.69, 9.17) is 9.47 Å². The van der Waals surface area contributed by atoms with Crippen LogP contribution in [0.4, 0.5) is 0 Å². The molecule has 1 fully saturated rings. The van der Waals surface area contributed by atoms with Crippen molar-refractivity contribution in [2.24, 2.45) is 0 Å². The lowest BCUT2D eigenvalue weighted by atomic mass is 9.98. The monoisotopic (exact) mass is 1120 g/mol. The summed E-state index contributed by atoms with van der Waals surface area (Å²) >= 11 is 0. The molecular weight excluding hydrogens is 991 g/mol. The van der Waals surface area contributed by atoms with Gasteiger partial charge in [-0.25, -0.2) is 0 Å². The second-order valence-corrected chi connectivity index (χ2v) is 23.1. The van der Waals surface area contributed by atoms with Crippen molar-refractivity contribution in [2.45, 2.75) is 351 Å². The number of ether oxygens (including phenoxy) is 2. The Bertz CT molecular complexity index is 1470. The molecule has 79 heavy (non-hydrogen) atoms. The Labute approximate surface area is 484 Å². The topological polar surface area (TPSA) is 189 Å². The van der Waals surface area contributed by atoms with Crippen molar-refractivity contribution in [3.05, 3.63) is 60.8 Å². The smallest absolute Gasteiger partial charge is 0.249 e. The van der Waals surface area contributed by atoms with Crippen LogP contribution in [0.1, 0.15) is 296 Å². The highest BCUT2D eigenvalue weighted by molar-refractivity contribution is 5.80. The average molecular weight is 1120 g/mol. The number of carbonyl (C=O) groups excluding carboxylic acids is 1. The van der Waals surface area contributed by atoms with E-state index in [1.165, 1.54) is 193 Å². The van der Waals surface area contributed by atoms with Gasteiger partial charge in [-0.2, -0.15) is 0 Å². The van der Waals surface area contributed by atoms with E-state index in [0.29, 0.717) is 19.3 Å². The van der Waals surface area contributed by atoms with E-state index < -0.39 is 74.2 Å². The van der Waals surface area contributed by atoms with Crippen LogP contribution in [-0.4, -0.2) is 110 Å². The highest BCUT2D eigenvalue weighted by Gasteiger charge is 2.44. The molecule has 1 amide bonds. The average Bonchev–Trinajstić information content (AvgIpc) is 3.46. The van der Waals surface area contributed by atoms with Gasteiger partial charge in [-0.05, 0) is 89.9 Å². The SMILES string of the molecule is CC/C=C\C/C=C\CCCCCCCCCCCCCCCC(O)C(=O)NC(COC1OC(CO)C(O)C(O)C1O)C(O)C(O)CCC/C=C/CC/C=C/CC/C=C/CCCCCCCCCCCCCCCCCCCCC. The van der Waals surface area contributed by atoms with E-state index in [1.807, 2.05) is 0 Å². The van der Waals surface area contributed by atoms with Crippen molar-refractivity contribution in [1.29, 1.82) is 0 Å². The fourth-order valence-electron chi connectivity index (χ4n) is 10.5. The summed E-state index contributed by atoms with van der Waals surface area (Å²) in [6, 6.07) is -1.20. The van der Waals surface area contributed by atoms with Gasteiger partial charge >= 0.3 is 0 Å². The molecule has 1 rings (SSSR count). The van der Waals surface area contributed by atoms with Crippen LogP contribution in [0.5, 0.6) is 0 Å². The van der Waals surface area contributed by atoms with Gasteiger partial charge in [-0.1, -0.05) is 267 Å². The molecule has 8 N–H and O–H groups in total. The van der Waals surface area contributed by atoms with Gasteiger partial charge in [0.1, 0.15) is 36.6 Å². The molecule has 1 aliphatic heterocycles. The lowest BCUT2D eigenvalue weighted by molar-refractivity contribution is -0.303. The zero-order chi connectivity index (χ0) is 57.5. The van der Waals surface area contributed by atoms with Crippen molar-refractivity contribution in [3.8, 4) is 0 Å². The predicted molar refractivity (Wildman–Crippen MR) is 330 cm³/mol. The summed E-state index contributed by atoms with van der Waals surface area (Å²) in [5.41, 5.74) is 0. The normalized spacial score (nSPS) is 19.7. The molecule has 0 bridgehead atoms. The third kappa shape index (κ3) is 44.1. The van der Waals surface area contributed by atoms with Crippen LogP contribution >= 0.6 is 0 Å². The van der Waals surface area contributed by atoms with E-state index >= 15 is 0 Å². The highest BCUT2D eigenvalue weighted by atomic mass is 16.7. The molecule has 9 unspecified atom stereocenters. The summed E-state index contributed by atoms with van der Waals surface area (Å²) in [7, 11) is 0. The molecule has 0 aliphatic carbocycles. The van der Waals surface area contributed by atoms with Gasteiger partial charge in [0, 0.05) is 0 Å². The number of unbranched alkanes of at least 4 members (excludes halogenated alkanes) is 35. The minimum Gasteiger partial charge on any atom is -0.394 e. The first-order chi connectivity index (χ1) is 38.7. The number of rotatable bonds is 57. The zero-order valence-corrected chi connectivity index (χ0v) is 50.9. The number of allylic oxidation sites excluding steroid dienone is 10. The van der Waals surface area contributed by atoms with E-state index in [2.05, 4.69) is 79.9 Å². The quantitative estimate of drug-likeness (QED) is 0.0215. The van der Waals surface area contributed by atoms with Crippen LogP contribution in [-0.2, 0) is 14.3 Å². The van der Waals surface area contributed by atoms with Crippen molar-refractivity contribution in [2.75, 3.05) is 13.2 Å². The van der Waals surface area contributed by atoms with Gasteiger partial charge in [0.2, 0.25) is 5.91 Å². The Balaban J connectivity index is 2.26. The molecule has 9 atom stereocenters. The van der Waals surface area contributed by atoms with Crippen molar-refractivity contribution in [3.63, 3.8) is 0 Å². The van der Waals surface area contributed by atoms with Crippen LogP contribution in [0.3, 0.4) is 0 Å². The number of hydrogen-bond donors (Lipinski definition) is 8. The number of aliphatic hydroxyl groups excluding tert-OH is 7. The van der Waals surface area contributed by atoms with E-state index in [9.17, 15) is 40.5 Å². The highest BCUT2D eigenvalue weighted by Crippen LogP contribution is 2.24. The maximum absolute atomic E-state index is 13.2. The van der Waals surface area contributed by atoms with Crippen molar-refractivity contribution >= 4 is 5.91 Å². The molecule has 0 radical (unpaired) electrons. The number of hydrogen-bond acceptors (Lipinski definition) is 10. The van der Waals surface area contributed by atoms with Crippen LogP contribution in [0.2, 0.25) is 0 Å². The number of aliphatic hydroxyl groups is 7. The summed E-state index contributed by atoms with van der Waals surface area (Å²) in [4.78, 5) is 13.2. The first kappa shape index (κ1) is 74.8. The maximum atomic E-state index is 13.2. The summed E-state index contributed by atoms with van der Waals surface area (Å²) in [6.45, 7) is 3.36. The van der Waals surface area contributed by atoms with Crippen LogP contribution in [0.25, 0.3) is 0 Å². The number of nitrogens with one attached hydrogen (secondary N) is 1. The van der Waals surface area contributed by atoms with Crippen molar-refractivity contribution in [1.82, 2.24) is 5.32 Å². The predicted octanol–water partition coefficient (Wildman–Crippen LogP) is 15.4. The fourth-order valence-corrected chi connectivity index (χ4v) is 10.5. The lowest BCUT2D eigenvalue weighted by Gasteiger charge is -2.40. The standard InChI is InChI=1S/C68H125NO10/c1-3-5-7-9-11-13-15-17-19-21-23-25-26-27-28-29-30-31-32-33-34-35-36-38-39-41-43-45-47-49-51-53-55-60(71)63(73)59(58-78-68-66(76)65(75)64(74)62(57-70)79-68)69-67(77)61(72)56-54-52-50-48-46-44-42-40-37-24-22-20-18-16-14-12-10-8-6-4-2/h6,8,12,14,34-35,39,41,47,49,59-66,68,70-76H,3-5,7,9-11,13,15-33,36-38,40,42-46,48,50-58H2,1-2H3,(H,69,77)/b8-6-,14-12-,35-34+,41-39+,49-47+. The van der Waals surface area contributed by atoms with Gasteiger partial charge in [-0.3, -0.25) is 4.79 Å². The molecule has 0 aromatic heterocycles. The van der Waals surface area contributed by atoms with Crippen LogP contribution < -0.4 is 5.32 Å². The Morgan fingerprint density at radius 2 is 0.835 bits per heavy atom. The molecule has 0 aromatic rings. The van der Waals surface area contributed by atoms with Crippen LogP contribution in [0.15, 0.2) is 60.8 Å². The van der Waals surface area contributed by atoms with Gasteiger partial charge in [0.15, 0.2) is 6.29 Å². The molecule has 11 nitrogen and oxygen atoms in total. The molecule has 0 spiro atoms. The Morgan fingerprint density at radius 1 is 0.456 bits per heavy atom. The summed E-state index contributed by atoms with van der Waals surface area (Å²) in [5, 5.41) is 76.3. The minimum absolute atomic E-state index is 0.240. The number of carbonyl (C=O) groups is 1. The van der Waals surface area contributed by atoms with Crippen LogP contribution in [0, 0.1) is 0 Å². The first-order valence-corrected chi connectivity index (χ1v) is 33.2. The Kier molecular flexibility index (Phi) is 53.3. The molecule has 0 saturated carbocycles. The molecule has 11 heteroatoms. The third-order valence-electron chi connectivity index (χ3n) is 15.8. The van der Waals surface area contributed by atoms with Gasteiger partial charge in [0.25, 0.3) is 0 Å². The lowest BCUT2D eigenvalue weighted by Crippen LogP contribution is -2.60. The van der Waals surface area contributed by atoms with Crippen molar-refractivity contribution < 1.29 is 50.0 Å². The van der Waals surface area contributed by atoms with Gasteiger partial charge in [-0.15, -0.1) is 0 Å². The molecule has 1 heterocycles. The van der Waals surface area contributed by atoms with Gasteiger partial charge < -0.3 is 50.5 Å². The third-order valence-corrected chi connectivity index (χ3v) is 15.8. The Hall–Kier alpha value is -2.19. The molecule has 1 aliphatic rings. The van der Waals surface area contributed by atoms with E-state index in [1.54, 1.807) is 0 Å². The fraction of sp³-hybridized carbons (Fsp3) is 0.838. The molecule has 0 aromatic carbocycles. The second-order valence-electron chi connectivity index (χ2n) is 23.1. The second kappa shape index (κ2) is 56.3. The molecule has 1 saturated heterocycles. The molecule has 462 valence electrons. The zero-order valence-electron chi connectivity index (χ0n) is 50.9. The number of amides is 1. The first-order valence-electron chi connectivity index (χ1n) is 33.2. The van der Waals surface area contributed by atoms with E-state index in [0.717, 1.165) is 57.8 Å². The van der Waals surface area contributed by atoms with Gasteiger partial charge in [0.05, 0.1) is 25.4 Å². The molecular formula is C68H125NO10. The summed E-state index contributed by atoms with van der Waals surface area (Å²) in [5.74, 6) is -0.712. The maximum Gasteiger partial charge on any atom is 0.249 e. The minimum atomic E-state index is -1.68.